The molecule has 0 aromatic carbocycles. The van der Waals surface area contributed by atoms with Gasteiger partial charge in [-0.25, -0.2) is 0 Å². The molecule has 1 heterocycles. The fourth-order valence-corrected chi connectivity index (χ4v) is 1.43. The van der Waals surface area contributed by atoms with Gasteiger partial charge in [-0.3, -0.25) is 0 Å². The number of nitrogens with zero attached hydrogens (tertiary/aromatic N) is 1. The standard InChI is InChI=1S/C6H4ClFN2.Y/c1-3-2-10-6(7)4(8)5(3)9;/h1-2H,(H2,9,10);. The summed E-state index contributed by atoms with van der Waals surface area (Å²) in [7, 11) is 0. The maximum absolute atomic E-state index is 12.9. The van der Waals surface area contributed by atoms with Crippen molar-refractivity contribution in [3.05, 3.63) is 22.7 Å². The average Bonchev–Trinajstić information content (AvgIpc) is 2.01. The van der Waals surface area contributed by atoms with Gasteiger partial charge >= 0.3 is 88.4 Å². The van der Waals surface area contributed by atoms with E-state index in [0.717, 1.165) is 30.4 Å². The molecule has 1 rings (SSSR count). The molecule has 0 radical (unpaired) electrons. The van der Waals surface area contributed by atoms with Crippen LogP contribution in [0.15, 0.2) is 6.20 Å². The molecule has 0 aliphatic rings. The Balaban J connectivity index is 3.36. The van der Waals surface area contributed by atoms with Gasteiger partial charge in [-0.2, -0.15) is 0 Å². The van der Waals surface area contributed by atoms with Crippen LogP contribution in [0.1, 0.15) is 5.56 Å². The van der Waals surface area contributed by atoms with Crippen molar-refractivity contribution >= 4 is 20.1 Å². The third-order valence-electron chi connectivity index (χ3n) is 1.23. The van der Waals surface area contributed by atoms with Crippen molar-refractivity contribution in [2.24, 2.45) is 0 Å². The number of halogens is 2. The molecule has 55 valence electrons. The fraction of sp³-hybridized carbons (Fsp3) is 0. The summed E-state index contributed by atoms with van der Waals surface area (Å²) in [5, 5.41) is -0.172. The summed E-state index contributed by atoms with van der Waals surface area (Å²) in [5.74, 6) is -0.630. The summed E-state index contributed by atoms with van der Waals surface area (Å²) in [6.07, 6.45) is 1.46. The molecule has 0 amide bonds. The van der Waals surface area contributed by atoms with Gasteiger partial charge in [0.05, 0.1) is 0 Å². The van der Waals surface area contributed by atoms with E-state index in [2.05, 4.69) is 4.98 Å². The number of anilines is 1. The van der Waals surface area contributed by atoms with Crippen LogP contribution < -0.4 is 5.73 Å². The molecular formula is C6H4ClFN2Y. The molecule has 0 aliphatic heterocycles. The van der Waals surface area contributed by atoms with Crippen LogP contribution >= 0.6 is 11.6 Å². The number of hydrogen-bond donors (Lipinski definition) is 1. The molecule has 0 fully saturated rings. The summed E-state index contributed by atoms with van der Waals surface area (Å²) >= 11 is 6.25. The van der Waals surface area contributed by atoms with Crippen LogP contribution in [0.2, 0.25) is 5.15 Å². The summed E-state index contributed by atoms with van der Waals surface area (Å²) in [5.41, 5.74) is 6.08. The van der Waals surface area contributed by atoms with Crippen LogP contribution in [0.4, 0.5) is 10.1 Å². The average molecular weight is 247 g/mol. The van der Waals surface area contributed by atoms with Crippen LogP contribution in [-0.2, 0) is 30.4 Å². The van der Waals surface area contributed by atoms with E-state index in [1.807, 2.05) is 0 Å². The Hall–Kier alpha value is 0.144. The van der Waals surface area contributed by atoms with E-state index in [4.69, 9.17) is 17.3 Å². The van der Waals surface area contributed by atoms with Crippen LogP contribution in [0, 0.1) is 5.82 Å². The number of nitrogens with two attached hydrogens (primary N) is 1. The molecular weight excluding hydrogens is 243 g/mol. The monoisotopic (exact) mass is 247 g/mol. The second kappa shape index (κ2) is 3.70. The zero-order valence-electron chi connectivity index (χ0n) is 5.51. The van der Waals surface area contributed by atoms with Gasteiger partial charge < -0.3 is 0 Å². The predicted molar refractivity (Wildman–Crippen MR) is 38.8 cm³/mol. The first-order valence-electron chi connectivity index (χ1n) is 2.81. The summed E-state index contributed by atoms with van der Waals surface area (Å²) in [6.45, 7) is 0. The molecule has 0 aliphatic carbocycles. The van der Waals surface area contributed by atoms with Gasteiger partial charge in [0, 0.05) is 0 Å². The van der Waals surface area contributed by atoms with Crippen molar-refractivity contribution in [3.8, 4) is 0 Å². The fourth-order valence-electron chi connectivity index (χ4n) is 0.623. The molecule has 0 unspecified atom stereocenters. The number of aromatic nitrogens is 1. The first-order chi connectivity index (χ1) is 5.16. The zero-order chi connectivity index (χ0) is 8.43. The number of pyridine rings is 1. The third-order valence-corrected chi connectivity index (χ3v) is 2.37. The minimum atomic E-state index is -0.630. The Morgan fingerprint density at radius 2 is 2.36 bits per heavy atom. The Bertz CT molecular complexity index is 303. The van der Waals surface area contributed by atoms with Crippen LogP contribution in [0.25, 0.3) is 0 Å². The van der Waals surface area contributed by atoms with Gasteiger partial charge in [-0.15, -0.1) is 0 Å². The maximum atomic E-state index is 12.9. The SMILES string of the molecule is Nc1c([CH]=[Y])cnc(Cl)c1F. The molecule has 5 heteroatoms. The third kappa shape index (κ3) is 1.84. The van der Waals surface area contributed by atoms with E-state index in [1.165, 1.54) is 6.20 Å². The summed E-state index contributed by atoms with van der Waals surface area (Å²) in [6, 6.07) is 0. The summed E-state index contributed by atoms with van der Waals surface area (Å²) < 4.78 is 14.7. The van der Waals surface area contributed by atoms with E-state index in [-0.39, 0.29) is 10.8 Å². The van der Waals surface area contributed by atoms with Gasteiger partial charge in [0.2, 0.25) is 0 Å². The van der Waals surface area contributed by atoms with Crippen molar-refractivity contribution in [3.63, 3.8) is 0 Å². The number of rotatable bonds is 1. The van der Waals surface area contributed by atoms with Crippen molar-refractivity contribution in [1.29, 1.82) is 0 Å². The molecule has 0 saturated carbocycles. The number of hydrogen-bond acceptors (Lipinski definition) is 2. The molecule has 2 nitrogen and oxygen atoms in total. The first kappa shape index (κ1) is 9.23. The Labute approximate surface area is 87.8 Å². The van der Waals surface area contributed by atoms with Crippen molar-refractivity contribution in [2.45, 2.75) is 0 Å². The van der Waals surface area contributed by atoms with Crippen LogP contribution in [0.5, 0.6) is 0 Å². The Morgan fingerprint density at radius 3 is 2.91 bits per heavy atom. The summed E-state index contributed by atoms with van der Waals surface area (Å²) in [4.78, 5) is 3.61. The zero-order valence-corrected chi connectivity index (χ0v) is 9.11. The van der Waals surface area contributed by atoms with E-state index in [1.54, 1.807) is 2.80 Å². The molecule has 11 heavy (non-hydrogen) atoms. The molecule has 1 aromatic heterocycles. The minimum absolute atomic E-state index is 0.0811. The van der Waals surface area contributed by atoms with E-state index in [0.29, 0.717) is 5.56 Å². The van der Waals surface area contributed by atoms with Crippen molar-refractivity contribution < 1.29 is 34.8 Å². The quantitative estimate of drug-likeness (QED) is 0.756. The first-order valence-corrected chi connectivity index (χ1v) is 4.83. The Morgan fingerprint density at radius 1 is 1.73 bits per heavy atom. The predicted octanol–water partition coefficient (Wildman–Crippen LogP) is 1.15. The topological polar surface area (TPSA) is 38.9 Å². The Kier molecular flexibility index (Phi) is 3.10. The van der Waals surface area contributed by atoms with Gasteiger partial charge in [0.25, 0.3) is 0 Å². The second-order valence-corrected chi connectivity index (χ2v) is 3.08. The van der Waals surface area contributed by atoms with E-state index in [9.17, 15) is 4.39 Å². The molecule has 0 spiro atoms. The van der Waals surface area contributed by atoms with Gasteiger partial charge in [0.15, 0.2) is 0 Å². The van der Waals surface area contributed by atoms with Gasteiger partial charge in [-0.1, -0.05) is 0 Å². The molecule has 0 bridgehead atoms. The van der Waals surface area contributed by atoms with Crippen molar-refractivity contribution in [2.75, 3.05) is 5.73 Å². The van der Waals surface area contributed by atoms with E-state index < -0.39 is 5.82 Å². The van der Waals surface area contributed by atoms with E-state index >= 15 is 0 Å². The van der Waals surface area contributed by atoms with Crippen LogP contribution in [0.3, 0.4) is 0 Å². The van der Waals surface area contributed by atoms with Crippen molar-refractivity contribution in [1.82, 2.24) is 4.98 Å². The van der Waals surface area contributed by atoms with Crippen LogP contribution in [-0.4, -0.2) is 7.79 Å². The molecule has 0 saturated heterocycles. The van der Waals surface area contributed by atoms with Gasteiger partial charge in [0.1, 0.15) is 0 Å². The number of nitrogen functional groups attached to an aromatic ring is 1. The second-order valence-electron chi connectivity index (χ2n) is 1.90. The normalized spacial score (nSPS) is 9.82. The van der Waals surface area contributed by atoms with Gasteiger partial charge in [-0.05, 0) is 0 Å². The molecule has 2 N–H and O–H groups in total. The molecule has 1 aromatic rings. The molecule has 0 atom stereocenters.